The molecule has 1 aliphatic heterocycles. The first-order valence-electron chi connectivity index (χ1n) is 8.79. The van der Waals surface area contributed by atoms with Crippen LogP contribution in [0.2, 0.25) is 0 Å². The molecule has 2 aliphatic rings. The number of carbonyl (C=O) groups is 1. The number of aromatic nitrogens is 1. The summed E-state index contributed by atoms with van der Waals surface area (Å²) in [6.45, 7) is 1.41. The van der Waals surface area contributed by atoms with E-state index in [2.05, 4.69) is 38.4 Å². The second kappa shape index (κ2) is 7.08. The van der Waals surface area contributed by atoms with Crippen LogP contribution in [-0.2, 0) is 10.2 Å². The molecule has 4 nitrogen and oxygen atoms in total. The fourth-order valence-electron chi connectivity index (χ4n) is 4.02. The van der Waals surface area contributed by atoms with Gasteiger partial charge in [-0.25, -0.2) is 4.98 Å². The van der Waals surface area contributed by atoms with Crippen molar-refractivity contribution in [1.29, 1.82) is 0 Å². The van der Waals surface area contributed by atoms with Gasteiger partial charge in [0.15, 0.2) is 0 Å². The van der Waals surface area contributed by atoms with Crippen LogP contribution in [0.5, 0.6) is 5.88 Å². The molecule has 0 bridgehead atoms. The highest BCUT2D eigenvalue weighted by molar-refractivity contribution is 9.10. The van der Waals surface area contributed by atoms with E-state index in [0.29, 0.717) is 18.3 Å². The highest BCUT2D eigenvalue weighted by atomic mass is 79.9. The lowest BCUT2D eigenvalue weighted by molar-refractivity contribution is -0.136. The summed E-state index contributed by atoms with van der Waals surface area (Å²) in [6, 6.07) is 7.97. The van der Waals surface area contributed by atoms with Crippen molar-refractivity contribution in [3.8, 4) is 5.88 Å². The molecule has 6 heteroatoms. The van der Waals surface area contributed by atoms with Gasteiger partial charge in [-0.05, 0) is 52.4 Å². The minimum Gasteiger partial charge on any atom is -0.472 e. The van der Waals surface area contributed by atoms with Crippen LogP contribution in [0, 0.1) is 0 Å². The Hall–Kier alpha value is -1.40. The third-order valence-electron chi connectivity index (χ3n) is 5.29. The van der Waals surface area contributed by atoms with Crippen LogP contribution in [0.15, 0.2) is 40.3 Å². The molecule has 2 aromatic heterocycles. The van der Waals surface area contributed by atoms with Gasteiger partial charge >= 0.3 is 0 Å². The summed E-state index contributed by atoms with van der Waals surface area (Å²) >= 11 is 5.19. The molecule has 1 amide bonds. The Kier molecular flexibility index (Phi) is 4.82. The number of ether oxygens (including phenoxy) is 1. The molecular formula is C19H21BrN2O2S. The van der Waals surface area contributed by atoms with Gasteiger partial charge in [0, 0.05) is 24.0 Å². The summed E-state index contributed by atoms with van der Waals surface area (Å²) in [4.78, 5) is 20.9. The minimum atomic E-state index is -0.297. The zero-order valence-electron chi connectivity index (χ0n) is 14.0. The van der Waals surface area contributed by atoms with Crippen LogP contribution in [0.3, 0.4) is 0 Å². The van der Waals surface area contributed by atoms with Gasteiger partial charge in [0.25, 0.3) is 0 Å². The lowest BCUT2D eigenvalue weighted by Gasteiger charge is -2.31. The molecule has 3 heterocycles. The lowest BCUT2D eigenvalue weighted by atomic mass is 9.83. The first-order valence-corrected chi connectivity index (χ1v) is 10.5. The smallest absolute Gasteiger partial charge is 0.234 e. The molecule has 1 aliphatic carbocycles. The predicted octanol–water partition coefficient (Wildman–Crippen LogP) is 4.40. The monoisotopic (exact) mass is 420 g/mol. The lowest BCUT2D eigenvalue weighted by Crippen LogP contribution is -2.44. The van der Waals surface area contributed by atoms with Crippen LogP contribution >= 0.6 is 27.3 Å². The molecule has 1 atom stereocenters. The molecule has 0 spiro atoms. The molecule has 1 unspecified atom stereocenters. The van der Waals surface area contributed by atoms with Gasteiger partial charge in [-0.2, -0.15) is 0 Å². The predicted molar refractivity (Wildman–Crippen MR) is 102 cm³/mol. The standard InChI is InChI=1S/C19H21BrN2O2S/c20-15-5-3-10-21-17(15)24-14-7-11-22(13-14)18(23)19(8-1-2-9-19)16-6-4-12-25-16/h3-6,10,12,14H,1-2,7-9,11,13H2. The van der Waals surface area contributed by atoms with Gasteiger partial charge in [0.2, 0.25) is 11.8 Å². The maximum Gasteiger partial charge on any atom is 0.234 e. The summed E-state index contributed by atoms with van der Waals surface area (Å²) < 4.78 is 6.88. The normalized spacial score (nSPS) is 22.3. The number of amides is 1. The topological polar surface area (TPSA) is 42.4 Å². The molecule has 0 radical (unpaired) electrons. The summed E-state index contributed by atoms with van der Waals surface area (Å²) in [7, 11) is 0. The summed E-state index contributed by atoms with van der Waals surface area (Å²) in [6.07, 6.45) is 6.81. The Morgan fingerprint density at radius 1 is 1.32 bits per heavy atom. The van der Waals surface area contributed by atoms with E-state index in [9.17, 15) is 4.79 Å². The SMILES string of the molecule is O=C(N1CCC(Oc2ncccc2Br)C1)C1(c2cccs2)CCCC1. The zero-order chi connectivity index (χ0) is 17.3. The highest BCUT2D eigenvalue weighted by Crippen LogP contribution is 2.45. The summed E-state index contributed by atoms with van der Waals surface area (Å²) in [5.41, 5.74) is -0.297. The second-order valence-corrected chi connectivity index (χ2v) is 8.64. The van der Waals surface area contributed by atoms with Gasteiger partial charge in [-0.1, -0.05) is 18.9 Å². The minimum absolute atomic E-state index is 0.0111. The number of carbonyl (C=O) groups excluding carboxylic acids is 1. The van der Waals surface area contributed by atoms with E-state index < -0.39 is 0 Å². The Balaban J connectivity index is 1.47. The van der Waals surface area contributed by atoms with Gasteiger partial charge < -0.3 is 9.64 Å². The van der Waals surface area contributed by atoms with Crippen LogP contribution in [0.1, 0.15) is 37.0 Å². The van der Waals surface area contributed by atoms with E-state index >= 15 is 0 Å². The van der Waals surface area contributed by atoms with Gasteiger partial charge in [0.05, 0.1) is 16.4 Å². The third-order valence-corrected chi connectivity index (χ3v) is 6.97. The summed E-state index contributed by atoms with van der Waals surface area (Å²) in [5.74, 6) is 0.897. The largest absolute Gasteiger partial charge is 0.472 e. The number of hydrogen-bond donors (Lipinski definition) is 0. The average molecular weight is 421 g/mol. The number of nitrogens with zero attached hydrogens (tertiary/aromatic N) is 2. The number of thiophene rings is 1. The molecule has 0 N–H and O–H groups in total. The molecule has 4 rings (SSSR count). The third kappa shape index (κ3) is 3.22. The van der Waals surface area contributed by atoms with Gasteiger partial charge in [-0.15, -0.1) is 11.3 Å². The molecule has 0 aromatic carbocycles. The maximum atomic E-state index is 13.4. The molecule has 2 fully saturated rings. The second-order valence-electron chi connectivity index (χ2n) is 6.84. The Bertz CT molecular complexity index is 744. The highest BCUT2D eigenvalue weighted by Gasteiger charge is 2.47. The van der Waals surface area contributed by atoms with E-state index in [4.69, 9.17) is 4.74 Å². The van der Waals surface area contributed by atoms with Crippen molar-refractivity contribution in [2.75, 3.05) is 13.1 Å². The van der Waals surface area contributed by atoms with E-state index in [1.807, 2.05) is 17.0 Å². The average Bonchev–Trinajstić information content (AvgIpc) is 3.38. The zero-order valence-corrected chi connectivity index (χ0v) is 16.4. The van der Waals surface area contributed by atoms with Gasteiger partial charge in [-0.3, -0.25) is 4.79 Å². The molecule has 1 saturated carbocycles. The number of pyridine rings is 1. The first-order chi connectivity index (χ1) is 12.2. The molecule has 132 valence electrons. The van der Waals surface area contributed by atoms with E-state index in [1.165, 1.54) is 4.88 Å². The number of halogens is 1. The van der Waals surface area contributed by atoms with Crippen LogP contribution in [-0.4, -0.2) is 35.0 Å². The number of hydrogen-bond acceptors (Lipinski definition) is 4. The fourth-order valence-corrected chi connectivity index (χ4v) is 5.35. The fraction of sp³-hybridized carbons (Fsp3) is 0.474. The Morgan fingerprint density at radius 3 is 2.88 bits per heavy atom. The van der Waals surface area contributed by atoms with E-state index in [0.717, 1.165) is 43.1 Å². The van der Waals surface area contributed by atoms with Crippen molar-refractivity contribution in [3.63, 3.8) is 0 Å². The van der Waals surface area contributed by atoms with Crippen molar-refractivity contribution in [3.05, 3.63) is 45.2 Å². The van der Waals surface area contributed by atoms with Crippen molar-refractivity contribution in [1.82, 2.24) is 9.88 Å². The molecule has 2 aromatic rings. The number of likely N-dealkylation sites (tertiary alicyclic amines) is 1. The maximum absolute atomic E-state index is 13.4. The van der Waals surface area contributed by atoms with Crippen molar-refractivity contribution in [2.45, 2.75) is 43.6 Å². The van der Waals surface area contributed by atoms with Crippen LogP contribution < -0.4 is 4.74 Å². The van der Waals surface area contributed by atoms with Crippen LogP contribution in [0.25, 0.3) is 0 Å². The van der Waals surface area contributed by atoms with E-state index in [-0.39, 0.29) is 11.5 Å². The first kappa shape index (κ1) is 17.0. The molecule has 1 saturated heterocycles. The van der Waals surface area contributed by atoms with Crippen molar-refractivity contribution < 1.29 is 9.53 Å². The summed E-state index contributed by atoms with van der Waals surface area (Å²) in [5, 5.41) is 2.08. The molecular weight excluding hydrogens is 400 g/mol. The van der Waals surface area contributed by atoms with Crippen LogP contribution in [0.4, 0.5) is 0 Å². The quantitative estimate of drug-likeness (QED) is 0.735. The molecule has 25 heavy (non-hydrogen) atoms. The number of rotatable bonds is 4. The van der Waals surface area contributed by atoms with Crippen molar-refractivity contribution in [2.24, 2.45) is 0 Å². The Labute approximate surface area is 160 Å². The Morgan fingerprint density at radius 2 is 2.16 bits per heavy atom. The van der Waals surface area contributed by atoms with Gasteiger partial charge in [0.1, 0.15) is 6.10 Å². The van der Waals surface area contributed by atoms with Crippen molar-refractivity contribution >= 4 is 33.2 Å². The van der Waals surface area contributed by atoms with E-state index in [1.54, 1.807) is 17.5 Å².